The van der Waals surface area contributed by atoms with Crippen molar-refractivity contribution in [2.45, 2.75) is 51.6 Å². The molecule has 0 radical (unpaired) electrons. The van der Waals surface area contributed by atoms with E-state index in [0.717, 1.165) is 20.8 Å². The van der Waals surface area contributed by atoms with Crippen LogP contribution in [-0.2, 0) is 23.9 Å². The number of carbonyl (C=O) groups is 4. The molecule has 0 aromatic rings. The Morgan fingerprint density at radius 2 is 1.30 bits per heavy atom. The minimum atomic E-state index is -3.35. The molecule has 0 saturated heterocycles. The topological polar surface area (TPSA) is 158 Å². The SMILES string of the molecule is CCOC(=O)C(O)(C(=O)C(C)O)C(C(=O)C(C)O)C(=O)C(C)O. The number of ketones is 3. The lowest BCUT2D eigenvalue weighted by molar-refractivity contribution is -0.185. The van der Waals surface area contributed by atoms with Gasteiger partial charge in [-0.2, -0.15) is 0 Å². The van der Waals surface area contributed by atoms with Gasteiger partial charge in [0, 0.05) is 0 Å². The first-order chi connectivity index (χ1) is 10.4. The maximum absolute atomic E-state index is 12.1. The van der Waals surface area contributed by atoms with E-state index in [1.165, 1.54) is 6.92 Å². The summed E-state index contributed by atoms with van der Waals surface area (Å²) in [7, 11) is 0. The van der Waals surface area contributed by atoms with Crippen LogP contribution in [0.3, 0.4) is 0 Å². The van der Waals surface area contributed by atoms with Crippen LogP contribution in [-0.4, -0.2) is 74.3 Å². The number of esters is 1. The van der Waals surface area contributed by atoms with Gasteiger partial charge in [0.1, 0.15) is 24.2 Å². The average Bonchev–Trinajstić information content (AvgIpc) is 2.45. The highest BCUT2D eigenvalue weighted by molar-refractivity contribution is 6.20. The van der Waals surface area contributed by atoms with Crippen molar-refractivity contribution in [3.63, 3.8) is 0 Å². The van der Waals surface area contributed by atoms with Gasteiger partial charge in [-0.05, 0) is 27.7 Å². The molecule has 0 aliphatic rings. The number of carbonyl (C=O) groups excluding carboxylic acids is 4. The largest absolute Gasteiger partial charge is 0.463 e. The number of ether oxygens (including phenoxy) is 1. The molecule has 9 heteroatoms. The minimum Gasteiger partial charge on any atom is -0.463 e. The molecular weight excluding hydrogens is 312 g/mol. The maximum atomic E-state index is 12.1. The maximum Gasteiger partial charge on any atom is 0.347 e. The zero-order chi connectivity index (χ0) is 18.5. The fraction of sp³-hybridized carbons (Fsp3) is 0.714. The van der Waals surface area contributed by atoms with Gasteiger partial charge in [-0.3, -0.25) is 14.4 Å². The number of hydrogen-bond donors (Lipinski definition) is 4. The molecule has 4 unspecified atom stereocenters. The lowest BCUT2D eigenvalue weighted by atomic mass is 9.74. The average molecular weight is 334 g/mol. The summed E-state index contributed by atoms with van der Waals surface area (Å²) in [6.45, 7) is 3.91. The van der Waals surface area contributed by atoms with Crippen LogP contribution in [0, 0.1) is 5.92 Å². The first kappa shape index (κ1) is 21.3. The Bertz CT molecular complexity index is 461. The van der Waals surface area contributed by atoms with Crippen LogP contribution in [0.1, 0.15) is 27.7 Å². The molecule has 132 valence electrons. The molecule has 23 heavy (non-hydrogen) atoms. The molecule has 0 aliphatic carbocycles. The summed E-state index contributed by atoms with van der Waals surface area (Å²) in [5, 5.41) is 38.7. The molecule has 0 heterocycles. The van der Waals surface area contributed by atoms with Gasteiger partial charge in [0.25, 0.3) is 0 Å². The fourth-order valence-electron chi connectivity index (χ4n) is 1.95. The van der Waals surface area contributed by atoms with E-state index in [4.69, 9.17) is 0 Å². The van der Waals surface area contributed by atoms with E-state index in [2.05, 4.69) is 4.74 Å². The molecule has 0 fully saturated rings. The van der Waals surface area contributed by atoms with Gasteiger partial charge in [-0.25, -0.2) is 4.79 Å². The standard InChI is InChI=1S/C14H22O9/c1-5-23-13(21)14(22,12(20)8(4)17)9(10(18)6(2)15)11(19)7(3)16/h6-9,15-17,22H,5H2,1-4H3. The highest BCUT2D eigenvalue weighted by Crippen LogP contribution is 2.27. The third-order valence-corrected chi connectivity index (χ3v) is 3.15. The van der Waals surface area contributed by atoms with Crippen molar-refractivity contribution in [1.82, 2.24) is 0 Å². The highest BCUT2D eigenvalue weighted by Gasteiger charge is 2.59. The van der Waals surface area contributed by atoms with Crippen molar-refractivity contribution in [3.8, 4) is 0 Å². The van der Waals surface area contributed by atoms with Crippen LogP contribution in [0.25, 0.3) is 0 Å². The van der Waals surface area contributed by atoms with E-state index in [-0.39, 0.29) is 6.61 Å². The molecular formula is C14H22O9. The molecule has 4 N–H and O–H groups in total. The predicted molar refractivity (Wildman–Crippen MR) is 75.1 cm³/mol. The Balaban J connectivity index is 6.32. The second-order valence-electron chi connectivity index (χ2n) is 5.12. The lowest BCUT2D eigenvalue weighted by Crippen LogP contribution is -2.63. The quantitative estimate of drug-likeness (QED) is 0.270. The molecule has 0 aromatic heterocycles. The fourth-order valence-corrected chi connectivity index (χ4v) is 1.95. The summed E-state index contributed by atoms with van der Waals surface area (Å²) in [5.74, 6) is -8.31. The van der Waals surface area contributed by atoms with Crippen molar-refractivity contribution >= 4 is 23.3 Å². The number of rotatable bonds is 9. The predicted octanol–water partition coefficient (Wildman–Crippen LogP) is -2.25. The van der Waals surface area contributed by atoms with Gasteiger partial charge in [-0.15, -0.1) is 0 Å². The van der Waals surface area contributed by atoms with Crippen molar-refractivity contribution in [2.75, 3.05) is 6.61 Å². The summed E-state index contributed by atoms with van der Waals surface area (Å²) in [6, 6.07) is 0. The lowest BCUT2D eigenvalue weighted by Gasteiger charge is -2.32. The number of Topliss-reactive ketones (excluding diaryl/α,β-unsaturated/α-hetero) is 3. The van der Waals surface area contributed by atoms with Gasteiger partial charge in [0.15, 0.2) is 11.6 Å². The van der Waals surface area contributed by atoms with Crippen LogP contribution in [0.5, 0.6) is 0 Å². The number of hydrogen-bond acceptors (Lipinski definition) is 9. The van der Waals surface area contributed by atoms with Crippen molar-refractivity contribution in [1.29, 1.82) is 0 Å². The summed E-state index contributed by atoms with van der Waals surface area (Å²) in [4.78, 5) is 48.3. The summed E-state index contributed by atoms with van der Waals surface area (Å²) >= 11 is 0. The van der Waals surface area contributed by atoms with E-state index < -0.39 is 53.1 Å². The number of aliphatic hydroxyl groups excluding tert-OH is 3. The molecule has 0 rings (SSSR count). The second kappa shape index (κ2) is 8.25. The van der Waals surface area contributed by atoms with Gasteiger partial charge in [-0.1, -0.05) is 0 Å². The van der Waals surface area contributed by atoms with Crippen LogP contribution < -0.4 is 0 Å². The van der Waals surface area contributed by atoms with Gasteiger partial charge in [0.2, 0.25) is 11.4 Å². The van der Waals surface area contributed by atoms with Gasteiger partial charge in [0.05, 0.1) is 6.61 Å². The zero-order valence-corrected chi connectivity index (χ0v) is 13.3. The van der Waals surface area contributed by atoms with E-state index in [1.807, 2.05) is 0 Å². The van der Waals surface area contributed by atoms with Crippen molar-refractivity contribution in [3.05, 3.63) is 0 Å². The Kier molecular flexibility index (Phi) is 7.65. The molecule has 9 nitrogen and oxygen atoms in total. The van der Waals surface area contributed by atoms with E-state index in [9.17, 15) is 39.6 Å². The first-order valence-corrected chi connectivity index (χ1v) is 6.98. The summed E-state index contributed by atoms with van der Waals surface area (Å²) in [6.07, 6.45) is -5.54. The Labute approximate surface area is 132 Å². The molecule has 4 atom stereocenters. The van der Waals surface area contributed by atoms with Crippen molar-refractivity contribution in [2.24, 2.45) is 5.92 Å². The highest BCUT2D eigenvalue weighted by atomic mass is 16.6. The van der Waals surface area contributed by atoms with E-state index >= 15 is 0 Å². The first-order valence-electron chi connectivity index (χ1n) is 6.98. The Hall–Kier alpha value is -1.68. The van der Waals surface area contributed by atoms with Crippen LogP contribution in [0.2, 0.25) is 0 Å². The van der Waals surface area contributed by atoms with E-state index in [0.29, 0.717) is 0 Å². The Morgan fingerprint density at radius 1 is 0.913 bits per heavy atom. The Morgan fingerprint density at radius 3 is 1.57 bits per heavy atom. The van der Waals surface area contributed by atoms with Crippen LogP contribution >= 0.6 is 0 Å². The normalized spacial score (nSPS) is 19.0. The molecule has 0 amide bonds. The van der Waals surface area contributed by atoms with Gasteiger partial charge < -0.3 is 25.2 Å². The van der Waals surface area contributed by atoms with Crippen LogP contribution in [0.4, 0.5) is 0 Å². The smallest absolute Gasteiger partial charge is 0.347 e. The molecule has 0 bridgehead atoms. The zero-order valence-electron chi connectivity index (χ0n) is 13.3. The third-order valence-electron chi connectivity index (χ3n) is 3.15. The monoisotopic (exact) mass is 334 g/mol. The third kappa shape index (κ3) is 4.41. The number of aliphatic hydroxyl groups is 4. The minimum absolute atomic E-state index is 0.285. The second-order valence-corrected chi connectivity index (χ2v) is 5.12. The molecule has 0 aliphatic heterocycles. The van der Waals surface area contributed by atoms with E-state index in [1.54, 1.807) is 0 Å². The van der Waals surface area contributed by atoms with Crippen molar-refractivity contribution < 1.29 is 44.3 Å². The molecule has 0 spiro atoms. The summed E-state index contributed by atoms with van der Waals surface area (Å²) in [5.41, 5.74) is -3.35. The molecule has 0 aromatic carbocycles. The summed E-state index contributed by atoms with van der Waals surface area (Å²) < 4.78 is 4.53. The molecule has 0 saturated carbocycles. The van der Waals surface area contributed by atoms with Gasteiger partial charge >= 0.3 is 5.97 Å². The van der Waals surface area contributed by atoms with Crippen LogP contribution in [0.15, 0.2) is 0 Å².